The standard InChI is InChI=1S/C25H21N3O2S/c1-2-27-16-18(21-12-6-7-13-22(21)27)15-23-24(29)28(17-20-11-8-14-30-20)25(31-23)26-19-9-4-3-5-10-19/h3-16H,2,17H2,1H3/b23-15-,26-25?. The number of benzene rings is 2. The van der Waals surface area contributed by atoms with Crippen LogP contribution in [0.4, 0.5) is 5.69 Å². The number of furan rings is 1. The molecule has 3 heterocycles. The first-order valence-electron chi connectivity index (χ1n) is 10.2. The molecule has 31 heavy (non-hydrogen) atoms. The first-order valence-corrected chi connectivity index (χ1v) is 11.0. The van der Waals surface area contributed by atoms with Gasteiger partial charge in [-0.2, -0.15) is 0 Å². The Hall–Kier alpha value is -3.51. The molecular weight excluding hydrogens is 406 g/mol. The Balaban J connectivity index is 1.56. The summed E-state index contributed by atoms with van der Waals surface area (Å²) in [5.74, 6) is 0.656. The Labute approximate surface area is 184 Å². The molecule has 2 aromatic heterocycles. The summed E-state index contributed by atoms with van der Waals surface area (Å²) in [4.78, 5) is 20.4. The smallest absolute Gasteiger partial charge is 0.267 e. The first-order chi connectivity index (χ1) is 15.2. The van der Waals surface area contributed by atoms with E-state index in [2.05, 4.69) is 29.8 Å². The number of hydrogen-bond donors (Lipinski definition) is 0. The summed E-state index contributed by atoms with van der Waals surface area (Å²) in [5, 5.41) is 1.79. The number of aryl methyl sites for hydroxylation is 1. The van der Waals surface area contributed by atoms with Gasteiger partial charge in [-0.1, -0.05) is 36.4 Å². The summed E-state index contributed by atoms with van der Waals surface area (Å²) in [6, 6.07) is 21.7. The number of aromatic nitrogens is 1. The molecule has 1 amide bonds. The number of carbonyl (C=O) groups excluding carboxylic acids is 1. The number of amides is 1. The molecule has 4 aromatic rings. The topological polar surface area (TPSA) is 50.7 Å². The van der Waals surface area contributed by atoms with Gasteiger partial charge in [0.2, 0.25) is 0 Å². The number of thioether (sulfide) groups is 1. The van der Waals surface area contributed by atoms with Crippen molar-refractivity contribution in [2.24, 2.45) is 4.99 Å². The van der Waals surface area contributed by atoms with Gasteiger partial charge in [0.15, 0.2) is 5.17 Å². The first kappa shape index (κ1) is 19.5. The lowest BCUT2D eigenvalue weighted by Crippen LogP contribution is -2.28. The van der Waals surface area contributed by atoms with Crippen molar-refractivity contribution >= 4 is 45.5 Å². The highest BCUT2D eigenvalue weighted by molar-refractivity contribution is 8.18. The van der Waals surface area contributed by atoms with Crippen molar-refractivity contribution in [2.45, 2.75) is 20.0 Å². The maximum atomic E-state index is 13.4. The van der Waals surface area contributed by atoms with E-state index >= 15 is 0 Å². The van der Waals surface area contributed by atoms with Gasteiger partial charge in [0, 0.05) is 29.2 Å². The van der Waals surface area contributed by atoms with Crippen LogP contribution in [0, 0.1) is 0 Å². The molecule has 0 aliphatic carbocycles. The molecule has 6 heteroatoms. The molecule has 0 N–H and O–H groups in total. The fourth-order valence-corrected chi connectivity index (χ4v) is 4.68. The van der Waals surface area contributed by atoms with E-state index in [9.17, 15) is 4.79 Å². The monoisotopic (exact) mass is 427 g/mol. The fraction of sp³-hybridized carbons (Fsp3) is 0.120. The van der Waals surface area contributed by atoms with E-state index in [-0.39, 0.29) is 5.91 Å². The Morgan fingerprint density at radius 3 is 2.61 bits per heavy atom. The lowest BCUT2D eigenvalue weighted by molar-refractivity contribution is -0.122. The van der Waals surface area contributed by atoms with Crippen LogP contribution in [0.15, 0.2) is 93.5 Å². The molecule has 1 fully saturated rings. The number of para-hydroxylation sites is 2. The van der Waals surface area contributed by atoms with Crippen LogP contribution < -0.4 is 0 Å². The van der Waals surface area contributed by atoms with E-state index in [1.165, 1.54) is 11.8 Å². The van der Waals surface area contributed by atoms with Gasteiger partial charge >= 0.3 is 0 Å². The minimum absolute atomic E-state index is 0.0654. The summed E-state index contributed by atoms with van der Waals surface area (Å²) in [7, 11) is 0. The Kier molecular flexibility index (Phi) is 5.22. The highest BCUT2D eigenvalue weighted by Crippen LogP contribution is 2.36. The maximum Gasteiger partial charge on any atom is 0.267 e. The maximum absolute atomic E-state index is 13.4. The summed E-state index contributed by atoms with van der Waals surface area (Å²) in [6.07, 6.45) is 5.70. The van der Waals surface area contributed by atoms with Crippen molar-refractivity contribution in [3.05, 3.63) is 95.4 Å². The number of amidine groups is 1. The number of hydrogen-bond acceptors (Lipinski definition) is 4. The number of nitrogens with zero attached hydrogens (tertiary/aromatic N) is 3. The van der Waals surface area contributed by atoms with E-state index in [0.29, 0.717) is 16.6 Å². The molecule has 0 bridgehead atoms. The minimum atomic E-state index is -0.0654. The second-order valence-electron chi connectivity index (χ2n) is 7.20. The lowest BCUT2D eigenvalue weighted by atomic mass is 10.1. The molecule has 0 unspecified atom stereocenters. The zero-order valence-corrected chi connectivity index (χ0v) is 17.9. The van der Waals surface area contributed by atoms with Crippen molar-refractivity contribution in [3.8, 4) is 0 Å². The molecule has 5 rings (SSSR count). The van der Waals surface area contributed by atoms with Crippen LogP contribution in [0.2, 0.25) is 0 Å². The molecule has 1 saturated heterocycles. The molecule has 0 spiro atoms. The number of carbonyl (C=O) groups is 1. The third-order valence-corrected chi connectivity index (χ3v) is 6.22. The van der Waals surface area contributed by atoms with Crippen LogP contribution >= 0.6 is 11.8 Å². The molecule has 1 aliphatic rings. The van der Waals surface area contributed by atoms with E-state index in [4.69, 9.17) is 9.41 Å². The Morgan fingerprint density at radius 2 is 1.84 bits per heavy atom. The van der Waals surface area contributed by atoms with Gasteiger partial charge in [-0.25, -0.2) is 4.99 Å². The van der Waals surface area contributed by atoms with Crippen LogP contribution in [-0.4, -0.2) is 20.5 Å². The Morgan fingerprint density at radius 1 is 1.03 bits per heavy atom. The van der Waals surface area contributed by atoms with Gasteiger partial charge in [-0.15, -0.1) is 0 Å². The van der Waals surface area contributed by atoms with Gasteiger partial charge < -0.3 is 8.98 Å². The van der Waals surface area contributed by atoms with Gasteiger partial charge in [0.05, 0.1) is 23.4 Å². The molecule has 1 aliphatic heterocycles. The fourth-order valence-electron chi connectivity index (χ4n) is 3.70. The summed E-state index contributed by atoms with van der Waals surface area (Å²) in [5.41, 5.74) is 3.01. The van der Waals surface area contributed by atoms with Crippen molar-refractivity contribution in [3.63, 3.8) is 0 Å². The SMILES string of the molecule is CCn1cc(/C=C2\SC(=Nc3ccccc3)N(Cc3ccco3)C2=O)c2ccccc21. The summed E-state index contributed by atoms with van der Waals surface area (Å²) >= 11 is 1.40. The van der Waals surface area contributed by atoms with E-state index in [1.807, 2.05) is 60.7 Å². The number of fused-ring (bicyclic) bond motifs is 1. The van der Waals surface area contributed by atoms with Gasteiger partial charge in [0.25, 0.3) is 5.91 Å². The second kappa shape index (κ2) is 8.32. The Bertz CT molecular complexity index is 1290. The molecular formula is C25H21N3O2S. The predicted molar refractivity (Wildman–Crippen MR) is 126 cm³/mol. The molecule has 0 saturated carbocycles. The van der Waals surface area contributed by atoms with Gasteiger partial charge in [0.1, 0.15) is 5.76 Å². The predicted octanol–water partition coefficient (Wildman–Crippen LogP) is 6.06. The van der Waals surface area contributed by atoms with Gasteiger partial charge in [-0.05, 0) is 55.1 Å². The molecule has 2 aromatic carbocycles. The van der Waals surface area contributed by atoms with Crippen LogP contribution in [0.25, 0.3) is 17.0 Å². The van der Waals surface area contributed by atoms with Crippen LogP contribution in [0.1, 0.15) is 18.2 Å². The number of rotatable bonds is 5. The zero-order chi connectivity index (χ0) is 21.2. The largest absolute Gasteiger partial charge is 0.467 e. The highest BCUT2D eigenvalue weighted by Gasteiger charge is 2.34. The average molecular weight is 428 g/mol. The van der Waals surface area contributed by atoms with Crippen molar-refractivity contribution in [1.29, 1.82) is 0 Å². The van der Waals surface area contributed by atoms with E-state index < -0.39 is 0 Å². The van der Waals surface area contributed by atoms with Crippen LogP contribution in [0.3, 0.4) is 0 Å². The molecule has 154 valence electrons. The summed E-state index contributed by atoms with van der Waals surface area (Å²) in [6.45, 7) is 3.34. The van der Waals surface area contributed by atoms with Crippen molar-refractivity contribution in [2.75, 3.05) is 0 Å². The van der Waals surface area contributed by atoms with E-state index in [0.717, 1.165) is 34.5 Å². The minimum Gasteiger partial charge on any atom is -0.467 e. The molecule has 0 radical (unpaired) electrons. The van der Waals surface area contributed by atoms with E-state index in [1.54, 1.807) is 11.2 Å². The van der Waals surface area contributed by atoms with Gasteiger partial charge in [-0.3, -0.25) is 9.69 Å². The van der Waals surface area contributed by atoms with Crippen molar-refractivity contribution < 1.29 is 9.21 Å². The quantitative estimate of drug-likeness (QED) is 0.364. The normalized spacial score (nSPS) is 16.8. The molecule has 5 nitrogen and oxygen atoms in total. The molecule has 0 atom stereocenters. The third-order valence-electron chi connectivity index (χ3n) is 5.21. The second-order valence-corrected chi connectivity index (χ2v) is 8.21. The summed E-state index contributed by atoms with van der Waals surface area (Å²) < 4.78 is 7.69. The van der Waals surface area contributed by atoms with Crippen molar-refractivity contribution in [1.82, 2.24) is 9.47 Å². The highest BCUT2D eigenvalue weighted by atomic mass is 32.2. The lowest BCUT2D eigenvalue weighted by Gasteiger charge is -2.13. The number of aliphatic imine (C=N–C) groups is 1. The third kappa shape index (κ3) is 3.82. The zero-order valence-electron chi connectivity index (χ0n) is 17.1. The average Bonchev–Trinajstić information content (AvgIpc) is 3.51. The van der Waals surface area contributed by atoms with Crippen LogP contribution in [-0.2, 0) is 17.9 Å². The van der Waals surface area contributed by atoms with Crippen LogP contribution in [0.5, 0.6) is 0 Å².